The maximum absolute atomic E-state index is 12.5. The quantitative estimate of drug-likeness (QED) is 0.385. The third-order valence-electron chi connectivity index (χ3n) is 3.73. The van der Waals surface area contributed by atoms with Gasteiger partial charge >= 0.3 is 0 Å². The van der Waals surface area contributed by atoms with Crippen LogP contribution in [-0.4, -0.2) is 35.9 Å². The van der Waals surface area contributed by atoms with Crippen LogP contribution in [0, 0.1) is 5.21 Å². The van der Waals surface area contributed by atoms with Crippen molar-refractivity contribution >= 4 is 32.9 Å². The molecule has 9 nitrogen and oxygen atoms in total. The molecule has 3 rings (SSSR count). The SMILES string of the molecule is COc1c[n+]([O-])c(Cn2ccc3c(Br)nc(N)nc32)c(OC)c1OC. The molecule has 0 radical (unpaired) electrons. The van der Waals surface area contributed by atoms with Gasteiger partial charge in [0.2, 0.25) is 29.4 Å². The van der Waals surface area contributed by atoms with Crippen LogP contribution in [0.4, 0.5) is 5.95 Å². The van der Waals surface area contributed by atoms with Crippen LogP contribution in [0.5, 0.6) is 17.2 Å². The summed E-state index contributed by atoms with van der Waals surface area (Å²) in [5, 5.41) is 13.2. The van der Waals surface area contributed by atoms with E-state index >= 15 is 0 Å². The highest BCUT2D eigenvalue weighted by molar-refractivity contribution is 9.10. The summed E-state index contributed by atoms with van der Waals surface area (Å²) in [6.07, 6.45) is 3.08. The number of anilines is 1. The van der Waals surface area contributed by atoms with Gasteiger partial charge in [-0.3, -0.25) is 0 Å². The third-order valence-corrected chi connectivity index (χ3v) is 4.33. The van der Waals surface area contributed by atoms with Crippen molar-refractivity contribution < 1.29 is 18.9 Å². The summed E-state index contributed by atoms with van der Waals surface area (Å²) in [6, 6.07) is 1.83. The summed E-state index contributed by atoms with van der Waals surface area (Å²) in [5.41, 5.74) is 6.65. The van der Waals surface area contributed by atoms with E-state index in [2.05, 4.69) is 25.9 Å². The second-order valence-electron chi connectivity index (χ2n) is 5.09. The van der Waals surface area contributed by atoms with E-state index < -0.39 is 0 Å². The molecule has 0 fully saturated rings. The first kappa shape index (κ1) is 17.1. The Morgan fingerprint density at radius 2 is 1.92 bits per heavy atom. The zero-order valence-electron chi connectivity index (χ0n) is 13.8. The van der Waals surface area contributed by atoms with Gasteiger partial charge in [-0.2, -0.15) is 9.71 Å². The van der Waals surface area contributed by atoms with E-state index in [1.165, 1.54) is 27.5 Å². The van der Waals surface area contributed by atoms with Gasteiger partial charge in [0.15, 0.2) is 0 Å². The summed E-state index contributed by atoms with van der Waals surface area (Å²) in [7, 11) is 4.40. The number of aromatic nitrogens is 4. The number of pyridine rings is 1. The molecule has 2 N–H and O–H groups in total. The second-order valence-corrected chi connectivity index (χ2v) is 5.84. The molecule has 0 spiro atoms. The van der Waals surface area contributed by atoms with Gasteiger partial charge in [-0.15, -0.1) is 0 Å². The normalized spacial score (nSPS) is 10.9. The van der Waals surface area contributed by atoms with Crippen molar-refractivity contribution in [3.8, 4) is 17.2 Å². The topological polar surface area (TPSA) is 111 Å². The number of ether oxygens (including phenoxy) is 3. The molecule has 3 heterocycles. The second kappa shape index (κ2) is 6.63. The minimum Gasteiger partial charge on any atom is -0.618 e. The van der Waals surface area contributed by atoms with Crippen LogP contribution in [0.15, 0.2) is 23.1 Å². The monoisotopic (exact) mass is 409 g/mol. The van der Waals surface area contributed by atoms with Crippen molar-refractivity contribution in [2.45, 2.75) is 6.54 Å². The average molecular weight is 410 g/mol. The summed E-state index contributed by atoms with van der Waals surface area (Å²) in [5.74, 6) is 1.05. The first-order chi connectivity index (χ1) is 12.0. The van der Waals surface area contributed by atoms with Crippen LogP contribution >= 0.6 is 15.9 Å². The fourth-order valence-corrected chi connectivity index (χ4v) is 3.10. The summed E-state index contributed by atoms with van der Waals surface area (Å²) < 4.78 is 18.9. The Morgan fingerprint density at radius 3 is 2.56 bits per heavy atom. The number of hydrogen-bond donors (Lipinski definition) is 1. The van der Waals surface area contributed by atoms with Crippen LogP contribution in [0.3, 0.4) is 0 Å². The molecule has 0 aliphatic carbocycles. The molecule has 0 unspecified atom stereocenters. The molecule has 0 atom stereocenters. The number of nitrogens with zero attached hydrogens (tertiary/aromatic N) is 4. The Balaban J connectivity index is 2.15. The summed E-state index contributed by atoms with van der Waals surface area (Å²) in [4.78, 5) is 8.31. The van der Waals surface area contributed by atoms with E-state index in [1.54, 1.807) is 10.8 Å². The van der Waals surface area contributed by atoms with Crippen LogP contribution in [0.25, 0.3) is 11.0 Å². The van der Waals surface area contributed by atoms with Gasteiger partial charge in [-0.25, -0.2) is 4.98 Å². The van der Waals surface area contributed by atoms with Gasteiger partial charge < -0.3 is 29.7 Å². The Bertz CT molecular complexity index is 944. The van der Waals surface area contributed by atoms with E-state index in [4.69, 9.17) is 19.9 Å². The van der Waals surface area contributed by atoms with Gasteiger partial charge in [0, 0.05) is 6.20 Å². The molecule has 0 aliphatic rings. The molecule has 3 aromatic heterocycles. The molecule has 0 saturated heterocycles. The summed E-state index contributed by atoms with van der Waals surface area (Å²) >= 11 is 3.36. The zero-order valence-corrected chi connectivity index (χ0v) is 15.4. The van der Waals surface area contributed by atoms with E-state index in [0.29, 0.717) is 32.2 Å². The van der Waals surface area contributed by atoms with Crippen LogP contribution in [0.2, 0.25) is 0 Å². The average Bonchev–Trinajstić information content (AvgIpc) is 2.98. The maximum atomic E-state index is 12.5. The van der Waals surface area contributed by atoms with Crippen LogP contribution in [-0.2, 0) is 6.54 Å². The van der Waals surface area contributed by atoms with Crippen molar-refractivity contribution in [3.63, 3.8) is 0 Å². The lowest BCUT2D eigenvalue weighted by atomic mass is 10.2. The van der Waals surface area contributed by atoms with Crippen LogP contribution in [0.1, 0.15) is 5.69 Å². The number of hydrogen-bond acceptors (Lipinski definition) is 7. The third kappa shape index (κ3) is 2.88. The first-order valence-electron chi connectivity index (χ1n) is 7.19. The largest absolute Gasteiger partial charge is 0.618 e. The van der Waals surface area contributed by atoms with Crippen molar-refractivity contribution in [1.29, 1.82) is 0 Å². The van der Waals surface area contributed by atoms with Gasteiger partial charge in [0.1, 0.15) is 16.8 Å². The number of nitrogens with two attached hydrogens (primary N) is 1. The number of halogens is 1. The molecule has 0 amide bonds. The predicted octanol–water partition coefficient (Wildman–Crippen LogP) is 1.48. The minimum atomic E-state index is 0.133. The molecule has 0 aromatic carbocycles. The molecule has 10 heteroatoms. The molecule has 132 valence electrons. The van der Waals surface area contributed by atoms with Crippen molar-refractivity contribution in [3.05, 3.63) is 34.0 Å². The Labute approximate surface area is 151 Å². The van der Waals surface area contributed by atoms with Crippen molar-refractivity contribution in [1.82, 2.24) is 14.5 Å². The number of fused-ring (bicyclic) bond motifs is 1. The van der Waals surface area contributed by atoms with E-state index in [-0.39, 0.29) is 18.2 Å². The van der Waals surface area contributed by atoms with Gasteiger partial charge in [0.25, 0.3) is 5.69 Å². The van der Waals surface area contributed by atoms with Gasteiger partial charge in [-0.05, 0) is 22.0 Å². The standard InChI is InChI=1S/C15H16BrN5O4/c1-23-10-7-21(22)9(11(24-2)12(10)25-3)6-20-5-4-8-13(16)18-15(17)19-14(8)20/h4-5,7H,6H2,1-3H3,(H2,17,18,19). The Morgan fingerprint density at radius 1 is 1.20 bits per heavy atom. The number of methoxy groups -OCH3 is 3. The molecule has 25 heavy (non-hydrogen) atoms. The van der Waals surface area contributed by atoms with E-state index in [1.807, 2.05) is 6.07 Å². The van der Waals surface area contributed by atoms with Crippen LogP contribution < -0.4 is 24.7 Å². The highest BCUT2D eigenvalue weighted by Gasteiger charge is 2.26. The lowest BCUT2D eigenvalue weighted by Gasteiger charge is -2.15. The first-order valence-corrected chi connectivity index (χ1v) is 7.98. The van der Waals surface area contributed by atoms with E-state index in [0.717, 1.165) is 5.39 Å². The van der Waals surface area contributed by atoms with E-state index in [9.17, 15) is 5.21 Å². The fourth-order valence-electron chi connectivity index (χ4n) is 2.61. The smallest absolute Gasteiger partial charge is 0.259 e. The maximum Gasteiger partial charge on any atom is 0.259 e. The zero-order chi connectivity index (χ0) is 18.1. The van der Waals surface area contributed by atoms with Gasteiger partial charge in [-0.1, -0.05) is 0 Å². The van der Waals surface area contributed by atoms with Crippen molar-refractivity contribution in [2.75, 3.05) is 27.1 Å². The predicted molar refractivity (Wildman–Crippen MR) is 93.8 cm³/mol. The Kier molecular flexibility index (Phi) is 4.53. The molecular weight excluding hydrogens is 394 g/mol. The molecule has 0 bridgehead atoms. The fraction of sp³-hybridized carbons (Fsp3) is 0.267. The summed E-state index contributed by atoms with van der Waals surface area (Å²) in [6.45, 7) is 0.194. The lowest BCUT2D eigenvalue weighted by Crippen LogP contribution is -2.33. The number of nitrogen functional groups attached to an aromatic ring is 1. The highest BCUT2D eigenvalue weighted by atomic mass is 79.9. The molecular formula is C15H16BrN5O4. The van der Waals surface area contributed by atoms with Crippen molar-refractivity contribution in [2.24, 2.45) is 0 Å². The molecule has 0 saturated carbocycles. The minimum absolute atomic E-state index is 0.133. The lowest BCUT2D eigenvalue weighted by molar-refractivity contribution is -0.615. The van der Waals surface area contributed by atoms with Gasteiger partial charge in [0.05, 0.1) is 26.7 Å². The molecule has 3 aromatic rings. The Hall–Kier alpha value is -2.75. The highest BCUT2D eigenvalue weighted by Crippen LogP contribution is 2.38. The number of rotatable bonds is 5. The molecule has 0 aliphatic heterocycles.